The van der Waals surface area contributed by atoms with Crippen LogP contribution in [0.3, 0.4) is 0 Å². The minimum atomic E-state index is 0.727. The minimum Gasteiger partial charge on any atom is -0.314 e. The van der Waals surface area contributed by atoms with E-state index in [1.807, 2.05) is 25.4 Å². The van der Waals surface area contributed by atoms with Crippen LogP contribution in [-0.4, -0.2) is 27.0 Å². The van der Waals surface area contributed by atoms with E-state index in [0.717, 1.165) is 17.9 Å². The maximum absolute atomic E-state index is 4.01. The highest BCUT2D eigenvalue weighted by Crippen LogP contribution is 2.03. The van der Waals surface area contributed by atoms with Gasteiger partial charge in [-0.1, -0.05) is 5.21 Å². The summed E-state index contributed by atoms with van der Waals surface area (Å²) < 4.78 is 1.73. The van der Waals surface area contributed by atoms with Gasteiger partial charge in [-0.15, -0.1) is 5.10 Å². The molecule has 0 saturated heterocycles. The maximum atomic E-state index is 4.01. The van der Waals surface area contributed by atoms with Gasteiger partial charge >= 0.3 is 0 Å². The Kier molecular flexibility index (Phi) is 2.51. The van der Waals surface area contributed by atoms with Crippen molar-refractivity contribution in [2.75, 3.05) is 7.05 Å². The molecule has 0 aromatic carbocycles. The van der Waals surface area contributed by atoms with Crippen molar-refractivity contribution in [2.24, 2.45) is 0 Å². The molecule has 0 atom stereocenters. The molecule has 0 bridgehead atoms. The first-order valence-electron chi connectivity index (χ1n) is 4.36. The van der Waals surface area contributed by atoms with Gasteiger partial charge in [-0.3, -0.25) is 4.98 Å². The Labute approximate surface area is 81.8 Å². The lowest BCUT2D eigenvalue weighted by Gasteiger charge is -1.96. The molecule has 1 N–H and O–H groups in total. The first-order chi connectivity index (χ1) is 6.90. The van der Waals surface area contributed by atoms with Crippen LogP contribution in [0.25, 0.3) is 5.69 Å². The average Bonchev–Trinajstić information content (AvgIpc) is 2.68. The van der Waals surface area contributed by atoms with Gasteiger partial charge in [0.1, 0.15) is 0 Å². The van der Waals surface area contributed by atoms with Crippen molar-refractivity contribution in [3.63, 3.8) is 0 Å². The number of aromatic nitrogens is 4. The molecule has 0 spiro atoms. The molecule has 5 heteroatoms. The molecule has 0 fully saturated rings. The molecule has 14 heavy (non-hydrogen) atoms. The third kappa shape index (κ3) is 1.77. The summed E-state index contributed by atoms with van der Waals surface area (Å²) in [7, 11) is 1.88. The summed E-state index contributed by atoms with van der Waals surface area (Å²) in [5.74, 6) is 0. The van der Waals surface area contributed by atoms with Crippen LogP contribution >= 0.6 is 0 Å². The third-order valence-electron chi connectivity index (χ3n) is 1.83. The highest BCUT2D eigenvalue weighted by Gasteiger charge is 2.00. The molecule has 0 aliphatic rings. The van der Waals surface area contributed by atoms with Gasteiger partial charge in [0, 0.05) is 18.9 Å². The quantitative estimate of drug-likeness (QED) is 0.758. The van der Waals surface area contributed by atoms with E-state index < -0.39 is 0 Å². The van der Waals surface area contributed by atoms with Crippen LogP contribution in [0.5, 0.6) is 0 Å². The number of hydrogen-bond donors (Lipinski definition) is 1. The van der Waals surface area contributed by atoms with Crippen molar-refractivity contribution < 1.29 is 0 Å². The maximum Gasteiger partial charge on any atom is 0.0969 e. The minimum absolute atomic E-state index is 0.727. The fourth-order valence-electron chi connectivity index (χ4n) is 1.18. The first kappa shape index (κ1) is 8.83. The third-order valence-corrected chi connectivity index (χ3v) is 1.83. The number of rotatable bonds is 3. The number of hydrogen-bond acceptors (Lipinski definition) is 4. The first-order valence-corrected chi connectivity index (χ1v) is 4.36. The van der Waals surface area contributed by atoms with Gasteiger partial charge in [0.2, 0.25) is 0 Å². The molecule has 72 valence electrons. The van der Waals surface area contributed by atoms with Crippen LogP contribution in [0.2, 0.25) is 0 Å². The Bertz CT molecular complexity index is 395. The lowest BCUT2D eigenvalue weighted by molar-refractivity contribution is 0.766. The largest absolute Gasteiger partial charge is 0.314 e. The molecule has 2 heterocycles. The standard InChI is InChI=1S/C9H11N5/c1-10-6-8-7-14(13-12-8)9-2-4-11-5-3-9/h2-5,7,10H,6H2,1H3. The zero-order valence-electron chi connectivity index (χ0n) is 7.88. The van der Waals surface area contributed by atoms with E-state index in [1.54, 1.807) is 17.1 Å². The molecule has 0 unspecified atom stereocenters. The summed E-state index contributed by atoms with van der Waals surface area (Å²) in [6, 6.07) is 3.77. The van der Waals surface area contributed by atoms with Gasteiger partial charge in [-0.2, -0.15) is 0 Å². The van der Waals surface area contributed by atoms with Gasteiger partial charge in [0.05, 0.1) is 17.6 Å². The van der Waals surface area contributed by atoms with Gasteiger partial charge in [0.25, 0.3) is 0 Å². The fraction of sp³-hybridized carbons (Fsp3) is 0.222. The van der Waals surface area contributed by atoms with Crippen molar-refractivity contribution in [3.8, 4) is 5.69 Å². The lowest BCUT2D eigenvalue weighted by Crippen LogP contribution is -2.04. The summed E-state index contributed by atoms with van der Waals surface area (Å²) in [5, 5.41) is 11.0. The number of nitrogens with zero attached hydrogens (tertiary/aromatic N) is 4. The van der Waals surface area contributed by atoms with Gasteiger partial charge in [-0.05, 0) is 19.2 Å². The smallest absolute Gasteiger partial charge is 0.0969 e. The summed E-state index contributed by atoms with van der Waals surface area (Å²) in [6.07, 6.45) is 5.36. The Balaban J connectivity index is 2.25. The summed E-state index contributed by atoms with van der Waals surface area (Å²) in [4.78, 5) is 3.94. The molecule has 5 nitrogen and oxygen atoms in total. The van der Waals surface area contributed by atoms with Crippen LogP contribution in [0, 0.1) is 0 Å². The predicted molar refractivity (Wildman–Crippen MR) is 51.9 cm³/mol. The van der Waals surface area contributed by atoms with Gasteiger partial charge in [-0.25, -0.2) is 4.68 Å². The Hall–Kier alpha value is -1.75. The molecule has 0 aliphatic heterocycles. The highest BCUT2D eigenvalue weighted by atomic mass is 15.4. The fourth-order valence-corrected chi connectivity index (χ4v) is 1.18. The van der Waals surface area contributed by atoms with E-state index in [9.17, 15) is 0 Å². The summed E-state index contributed by atoms with van der Waals surface area (Å²) in [6.45, 7) is 0.727. The molecular formula is C9H11N5. The second kappa shape index (κ2) is 3.97. The average molecular weight is 189 g/mol. The molecule has 2 aromatic heterocycles. The van der Waals surface area contributed by atoms with Gasteiger partial charge < -0.3 is 5.32 Å². The van der Waals surface area contributed by atoms with Crippen molar-refractivity contribution in [2.45, 2.75) is 6.54 Å². The second-order valence-corrected chi connectivity index (χ2v) is 2.89. The topological polar surface area (TPSA) is 55.6 Å². The van der Waals surface area contributed by atoms with Crippen molar-refractivity contribution in [3.05, 3.63) is 36.4 Å². The van der Waals surface area contributed by atoms with E-state index in [-0.39, 0.29) is 0 Å². The van der Waals surface area contributed by atoms with E-state index in [2.05, 4.69) is 20.6 Å². The van der Waals surface area contributed by atoms with Crippen molar-refractivity contribution in [1.29, 1.82) is 0 Å². The molecule has 2 rings (SSSR count). The van der Waals surface area contributed by atoms with Crippen molar-refractivity contribution in [1.82, 2.24) is 25.3 Å². The molecule has 0 saturated carbocycles. The molecule has 0 radical (unpaired) electrons. The Morgan fingerprint density at radius 1 is 1.36 bits per heavy atom. The van der Waals surface area contributed by atoms with Crippen LogP contribution < -0.4 is 5.32 Å². The Morgan fingerprint density at radius 3 is 2.86 bits per heavy atom. The SMILES string of the molecule is CNCc1cn(-c2ccncc2)nn1. The Morgan fingerprint density at radius 2 is 2.14 bits per heavy atom. The highest BCUT2D eigenvalue weighted by molar-refractivity contribution is 5.27. The van der Waals surface area contributed by atoms with E-state index in [0.29, 0.717) is 0 Å². The molecule has 2 aromatic rings. The molecular weight excluding hydrogens is 178 g/mol. The number of pyridine rings is 1. The monoisotopic (exact) mass is 189 g/mol. The van der Waals surface area contributed by atoms with E-state index >= 15 is 0 Å². The van der Waals surface area contributed by atoms with Crippen LogP contribution in [0.1, 0.15) is 5.69 Å². The van der Waals surface area contributed by atoms with E-state index in [1.165, 1.54) is 0 Å². The van der Waals surface area contributed by atoms with Crippen molar-refractivity contribution >= 4 is 0 Å². The van der Waals surface area contributed by atoms with E-state index in [4.69, 9.17) is 0 Å². The molecule has 0 aliphatic carbocycles. The normalized spacial score (nSPS) is 10.4. The van der Waals surface area contributed by atoms with Crippen LogP contribution in [0.4, 0.5) is 0 Å². The van der Waals surface area contributed by atoms with Crippen LogP contribution in [-0.2, 0) is 6.54 Å². The zero-order valence-corrected chi connectivity index (χ0v) is 7.88. The van der Waals surface area contributed by atoms with Crippen LogP contribution in [0.15, 0.2) is 30.7 Å². The lowest BCUT2D eigenvalue weighted by atomic mass is 10.4. The summed E-state index contributed by atoms with van der Waals surface area (Å²) in [5.41, 5.74) is 1.89. The zero-order chi connectivity index (χ0) is 9.80. The summed E-state index contributed by atoms with van der Waals surface area (Å²) >= 11 is 0. The molecule has 0 amide bonds. The van der Waals surface area contributed by atoms with Gasteiger partial charge in [0.15, 0.2) is 0 Å². The predicted octanol–water partition coefficient (Wildman–Crippen LogP) is 0.382. The number of nitrogens with one attached hydrogen (secondary N) is 1. The second-order valence-electron chi connectivity index (χ2n) is 2.89.